The molecule has 1 N–H and O–H groups in total. The maximum Gasteiger partial charge on any atom is 0.0406 e. The van der Waals surface area contributed by atoms with E-state index in [-0.39, 0.29) is 0 Å². The first-order valence-electron chi connectivity index (χ1n) is 6.47. The third kappa shape index (κ3) is 2.82. The molecular formula is C14H19ClN2. The van der Waals surface area contributed by atoms with Crippen LogP contribution in [0.5, 0.6) is 0 Å². The lowest BCUT2D eigenvalue weighted by Gasteiger charge is -2.41. The van der Waals surface area contributed by atoms with Crippen LogP contribution in [0.25, 0.3) is 0 Å². The molecule has 0 aromatic heterocycles. The molecule has 2 aliphatic heterocycles. The third-order valence-corrected chi connectivity index (χ3v) is 4.14. The molecule has 0 amide bonds. The van der Waals surface area contributed by atoms with E-state index >= 15 is 0 Å². The molecule has 1 aromatic rings. The first-order chi connectivity index (χ1) is 8.29. The zero-order chi connectivity index (χ0) is 11.7. The first kappa shape index (κ1) is 11.5. The Balaban J connectivity index is 1.63. The van der Waals surface area contributed by atoms with Crippen molar-refractivity contribution in [3.05, 3.63) is 34.9 Å². The van der Waals surface area contributed by atoms with E-state index in [1.165, 1.54) is 38.2 Å². The standard InChI is InChI=1S/C14H19ClN2/c15-14-3-1-11(2-4-14)8-17-9-12-5-13(10-17)7-16-6-12/h1-4,12-13,16H,5-10H2. The van der Waals surface area contributed by atoms with Gasteiger partial charge in [-0.3, -0.25) is 4.90 Å². The fraction of sp³-hybridized carbons (Fsp3) is 0.571. The molecule has 92 valence electrons. The Bertz CT molecular complexity index is 364. The SMILES string of the molecule is Clc1ccc(CN2CC3CNCC(C3)C2)cc1. The zero-order valence-corrected chi connectivity index (χ0v) is 10.8. The van der Waals surface area contributed by atoms with E-state index in [2.05, 4.69) is 22.3 Å². The van der Waals surface area contributed by atoms with Crippen molar-refractivity contribution in [3.63, 3.8) is 0 Å². The maximum absolute atomic E-state index is 5.91. The Hall–Kier alpha value is -0.570. The lowest BCUT2D eigenvalue weighted by molar-refractivity contribution is 0.0917. The van der Waals surface area contributed by atoms with Gasteiger partial charge in [0.25, 0.3) is 0 Å². The lowest BCUT2D eigenvalue weighted by atomic mass is 9.86. The van der Waals surface area contributed by atoms with Crippen LogP contribution < -0.4 is 5.32 Å². The molecule has 2 heterocycles. The van der Waals surface area contributed by atoms with Crippen LogP contribution in [0, 0.1) is 11.8 Å². The van der Waals surface area contributed by atoms with Crippen LogP contribution in [0.2, 0.25) is 5.02 Å². The normalized spacial score (nSPS) is 29.2. The van der Waals surface area contributed by atoms with E-state index in [0.717, 1.165) is 23.4 Å². The van der Waals surface area contributed by atoms with E-state index in [4.69, 9.17) is 11.6 Å². The highest BCUT2D eigenvalue weighted by atomic mass is 35.5. The fourth-order valence-corrected chi connectivity index (χ4v) is 3.32. The van der Waals surface area contributed by atoms with Crippen LogP contribution in [0.15, 0.2) is 24.3 Å². The predicted octanol–water partition coefficient (Wildman–Crippen LogP) is 2.38. The van der Waals surface area contributed by atoms with Crippen LogP contribution >= 0.6 is 11.6 Å². The van der Waals surface area contributed by atoms with Gasteiger partial charge < -0.3 is 5.32 Å². The molecule has 2 bridgehead atoms. The number of hydrogen-bond acceptors (Lipinski definition) is 2. The number of benzene rings is 1. The summed E-state index contributed by atoms with van der Waals surface area (Å²) in [6, 6.07) is 8.27. The van der Waals surface area contributed by atoms with E-state index < -0.39 is 0 Å². The highest BCUT2D eigenvalue weighted by Gasteiger charge is 2.29. The number of halogens is 1. The van der Waals surface area contributed by atoms with E-state index in [1.807, 2.05) is 12.1 Å². The van der Waals surface area contributed by atoms with Gasteiger partial charge in [0.1, 0.15) is 0 Å². The van der Waals surface area contributed by atoms with Crippen LogP contribution in [-0.4, -0.2) is 31.1 Å². The number of fused-ring (bicyclic) bond motifs is 2. The smallest absolute Gasteiger partial charge is 0.0406 e. The predicted molar refractivity (Wildman–Crippen MR) is 71.2 cm³/mol. The monoisotopic (exact) mass is 250 g/mol. The average Bonchev–Trinajstić information content (AvgIpc) is 2.32. The minimum absolute atomic E-state index is 0.827. The second-order valence-corrected chi connectivity index (χ2v) is 5.88. The number of likely N-dealkylation sites (tertiary alicyclic amines) is 1. The Kier molecular flexibility index (Phi) is 3.37. The lowest BCUT2D eigenvalue weighted by Crippen LogP contribution is -2.50. The maximum atomic E-state index is 5.91. The van der Waals surface area contributed by atoms with Gasteiger partial charge in [0.2, 0.25) is 0 Å². The molecule has 0 spiro atoms. The van der Waals surface area contributed by atoms with Crippen molar-refractivity contribution in [1.29, 1.82) is 0 Å². The summed E-state index contributed by atoms with van der Waals surface area (Å²) in [5.74, 6) is 1.71. The summed E-state index contributed by atoms with van der Waals surface area (Å²) in [7, 11) is 0. The summed E-state index contributed by atoms with van der Waals surface area (Å²) in [5, 5.41) is 4.36. The second-order valence-electron chi connectivity index (χ2n) is 5.45. The molecule has 0 saturated carbocycles. The molecule has 1 aromatic carbocycles. The highest BCUT2D eigenvalue weighted by molar-refractivity contribution is 6.30. The number of rotatable bonds is 2. The van der Waals surface area contributed by atoms with E-state index in [0.29, 0.717) is 0 Å². The van der Waals surface area contributed by atoms with Gasteiger partial charge >= 0.3 is 0 Å². The minimum atomic E-state index is 0.827. The Labute approximate surface area is 108 Å². The highest BCUT2D eigenvalue weighted by Crippen LogP contribution is 2.25. The Morgan fingerprint density at radius 3 is 2.41 bits per heavy atom. The molecule has 3 rings (SSSR count). The van der Waals surface area contributed by atoms with Gasteiger partial charge in [0, 0.05) is 24.7 Å². The summed E-state index contributed by atoms with van der Waals surface area (Å²) < 4.78 is 0. The molecule has 2 atom stereocenters. The van der Waals surface area contributed by atoms with Crippen molar-refractivity contribution >= 4 is 11.6 Å². The van der Waals surface area contributed by atoms with Crippen molar-refractivity contribution in [2.24, 2.45) is 11.8 Å². The number of hydrogen-bond donors (Lipinski definition) is 1. The molecule has 2 nitrogen and oxygen atoms in total. The van der Waals surface area contributed by atoms with Gasteiger partial charge in [-0.05, 0) is 49.0 Å². The van der Waals surface area contributed by atoms with Crippen LogP contribution in [0.4, 0.5) is 0 Å². The number of nitrogens with zero attached hydrogens (tertiary/aromatic N) is 1. The summed E-state index contributed by atoms with van der Waals surface area (Å²) in [4.78, 5) is 2.60. The van der Waals surface area contributed by atoms with Gasteiger partial charge in [0.15, 0.2) is 0 Å². The van der Waals surface area contributed by atoms with Gasteiger partial charge in [-0.2, -0.15) is 0 Å². The molecule has 2 saturated heterocycles. The third-order valence-electron chi connectivity index (χ3n) is 3.88. The van der Waals surface area contributed by atoms with Gasteiger partial charge in [-0.1, -0.05) is 23.7 Å². The molecule has 2 aliphatic rings. The van der Waals surface area contributed by atoms with Crippen LogP contribution in [0.1, 0.15) is 12.0 Å². The van der Waals surface area contributed by atoms with Crippen molar-refractivity contribution in [2.45, 2.75) is 13.0 Å². The largest absolute Gasteiger partial charge is 0.316 e. The van der Waals surface area contributed by atoms with E-state index in [9.17, 15) is 0 Å². The molecule has 0 radical (unpaired) electrons. The number of nitrogens with one attached hydrogen (secondary N) is 1. The topological polar surface area (TPSA) is 15.3 Å². The fourth-order valence-electron chi connectivity index (χ4n) is 3.19. The van der Waals surface area contributed by atoms with Gasteiger partial charge in [-0.15, -0.1) is 0 Å². The van der Waals surface area contributed by atoms with Gasteiger partial charge in [0.05, 0.1) is 0 Å². The van der Waals surface area contributed by atoms with Crippen molar-refractivity contribution in [3.8, 4) is 0 Å². The summed E-state index contributed by atoms with van der Waals surface area (Å²) in [6.45, 7) is 5.96. The zero-order valence-electron chi connectivity index (χ0n) is 10.0. The van der Waals surface area contributed by atoms with Crippen molar-refractivity contribution in [1.82, 2.24) is 10.2 Å². The molecular weight excluding hydrogens is 232 g/mol. The first-order valence-corrected chi connectivity index (χ1v) is 6.85. The summed E-state index contributed by atoms with van der Waals surface area (Å²) in [6.07, 6.45) is 1.42. The molecule has 0 aliphatic carbocycles. The molecule has 2 fully saturated rings. The average molecular weight is 251 g/mol. The summed E-state index contributed by atoms with van der Waals surface area (Å²) >= 11 is 5.91. The van der Waals surface area contributed by atoms with Crippen LogP contribution in [-0.2, 0) is 6.54 Å². The molecule has 17 heavy (non-hydrogen) atoms. The molecule has 2 unspecified atom stereocenters. The van der Waals surface area contributed by atoms with Crippen molar-refractivity contribution in [2.75, 3.05) is 26.2 Å². The van der Waals surface area contributed by atoms with Crippen molar-refractivity contribution < 1.29 is 0 Å². The minimum Gasteiger partial charge on any atom is -0.316 e. The quantitative estimate of drug-likeness (QED) is 0.867. The second kappa shape index (κ2) is 4.97. The molecule has 3 heteroatoms. The van der Waals surface area contributed by atoms with E-state index in [1.54, 1.807) is 0 Å². The Morgan fingerprint density at radius 1 is 1.12 bits per heavy atom. The Morgan fingerprint density at radius 2 is 1.76 bits per heavy atom. The van der Waals surface area contributed by atoms with Gasteiger partial charge in [-0.25, -0.2) is 0 Å². The van der Waals surface area contributed by atoms with Crippen LogP contribution in [0.3, 0.4) is 0 Å². The summed E-state index contributed by atoms with van der Waals surface area (Å²) in [5.41, 5.74) is 1.38. The number of piperidine rings is 2.